The average Bonchev–Trinajstić information content (AvgIpc) is 2.97. The maximum atomic E-state index is 12.8. The minimum Gasteiger partial charge on any atom is -0.324 e. The van der Waals surface area contributed by atoms with Crippen LogP contribution in [-0.2, 0) is 6.42 Å². The molecule has 2 heterocycles. The zero-order chi connectivity index (χ0) is 14.7. The minimum atomic E-state index is -0.327. The number of hydrogen-bond acceptors (Lipinski definition) is 5. The Labute approximate surface area is 123 Å². The molecule has 3 rings (SSSR count). The lowest BCUT2D eigenvalue weighted by Gasteiger charge is -2.04. The molecule has 0 atom stereocenters. The van der Waals surface area contributed by atoms with Gasteiger partial charge in [0.2, 0.25) is 5.95 Å². The van der Waals surface area contributed by atoms with Crippen LogP contribution in [0.1, 0.15) is 10.6 Å². The Bertz CT molecular complexity index is 783. The van der Waals surface area contributed by atoms with Crippen LogP contribution in [0, 0.1) is 5.82 Å². The molecule has 0 aliphatic rings. The van der Waals surface area contributed by atoms with Crippen LogP contribution < -0.4 is 10.9 Å². The molecule has 5 nitrogen and oxygen atoms in total. The fourth-order valence-electron chi connectivity index (χ4n) is 1.78. The lowest BCUT2D eigenvalue weighted by atomic mass is 10.3. The van der Waals surface area contributed by atoms with E-state index in [2.05, 4.69) is 20.5 Å². The van der Waals surface area contributed by atoms with Crippen LogP contribution in [0.3, 0.4) is 0 Å². The summed E-state index contributed by atoms with van der Waals surface area (Å²) in [5, 5.41) is 12.7. The lowest BCUT2D eigenvalue weighted by Crippen LogP contribution is -2.18. The van der Waals surface area contributed by atoms with Crippen molar-refractivity contribution < 1.29 is 4.39 Å². The Balaban J connectivity index is 1.77. The number of aromatic amines is 1. The average molecular weight is 302 g/mol. The molecule has 0 fully saturated rings. The Kier molecular flexibility index (Phi) is 3.74. The summed E-state index contributed by atoms with van der Waals surface area (Å²) in [6.07, 6.45) is 0.455. The van der Waals surface area contributed by atoms with E-state index in [1.165, 1.54) is 12.1 Å². The standard InChI is InChI=1S/C14H11FN4OS/c15-9-3-5-10(6-4-9)16-14-17-13(20)12(18-19-14)8-11-2-1-7-21-11/h1-7H,8H2,(H2,16,17,19,20). The van der Waals surface area contributed by atoms with E-state index in [4.69, 9.17) is 0 Å². The summed E-state index contributed by atoms with van der Waals surface area (Å²) in [6, 6.07) is 9.60. The second kappa shape index (κ2) is 5.84. The van der Waals surface area contributed by atoms with Gasteiger partial charge in [-0.2, -0.15) is 0 Å². The van der Waals surface area contributed by atoms with Crippen molar-refractivity contribution >= 4 is 23.0 Å². The number of nitrogens with one attached hydrogen (secondary N) is 2. The highest BCUT2D eigenvalue weighted by Crippen LogP contribution is 2.13. The summed E-state index contributed by atoms with van der Waals surface area (Å²) in [7, 11) is 0. The van der Waals surface area contributed by atoms with Crippen molar-refractivity contribution in [1.82, 2.24) is 15.2 Å². The maximum absolute atomic E-state index is 12.8. The number of H-pyrrole nitrogens is 1. The summed E-state index contributed by atoms with van der Waals surface area (Å²) in [5.74, 6) is -0.104. The Hall–Kier alpha value is -2.54. The van der Waals surface area contributed by atoms with Crippen molar-refractivity contribution in [2.75, 3.05) is 5.32 Å². The zero-order valence-electron chi connectivity index (χ0n) is 10.8. The third-order valence-electron chi connectivity index (χ3n) is 2.79. The van der Waals surface area contributed by atoms with Gasteiger partial charge in [0.15, 0.2) is 0 Å². The molecule has 0 saturated carbocycles. The maximum Gasteiger partial charge on any atom is 0.274 e. The van der Waals surface area contributed by atoms with Gasteiger partial charge in [0.05, 0.1) is 0 Å². The van der Waals surface area contributed by atoms with E-state index >= 15 is 0 Å². The van der Waals surface area contributed by atoms with Crippen LogP contribution in [0.15, 0.2) is 46.6 Å². The van der Waals surface area contributed by atoms with Crippen molar-refractivity contribution in [2.24, 2.45) is 0 Å². The van der Waals surface area contributed by atoms with E-state index < -0.39 is 0 Å². The van der Waals surface area contributed by atoms with Crippen molar-refractivity contribution in [2.45, 2.75) is 6.42 Å². The molecule has 1 aromatic carbocycles. The van der Waals surface area contributed by atoms with E-state index in [9.17, 15) is 9.18 Å². The molecule has 2 N–H and O–H groups in total. The summed E-state index contributed by atoms with van der Waals surface area (Å²) < 4.78 is 12.8. The molecule has 0 saturated heterocycles. The zero-order valence-corrected chi connectivity index (χ0v) is 11.7. The second-order valence-corrected chi connectivity index (χ2v) is 5.37. The topological polar surface area (TPSA) is 70.7 Å². The first-order valence-electron chi connectivity index (χ1n) is 6.21. The number of rotatable bonds is 4. The third kappa shape index (κ3) is 3.32. The first kappa shape index (κ1) is 13.4. The van der Waals surface area contributed by atoms with E-state index in [1.807, 2.05) is 17.5 Å². The third-order valence-corrected chi connectivity index (χ3v) is 3.67. The van der Waals surface area contributed by atoms with Crippen molar-refractivity contribution in [3.05, 3.63) is 68.5 Å². The predicted molar refractivity (Wildman–Crippen MR) is 79.5 cm³/mol. The van der Waals surface area contributed by atoms with Crippen LogP contribution in [0.4, 0.5) is 16.0 Å². The van der Waals surface area contributed by atoms with E-state index in [0.717, 1.165) is 4.88 Å². The first-order valence-corrected chi connectivity index (χ1v) is 7.09. The second-order valence-electron chi connectivity index (χ2n) is 4.34. The Morgan fingerprint density at radius 2 is 2.00 bits per heavy atom. The molecular weight excluding hydrogens is 291 g/mol. The normalized spacial score (nSPS) is 10.5. The Morgan fingerprint density at radius 3 is 2.67 bits per heavy atom. The molecule has 0 aliphatic heterocycles. The summed E-state index contributed by atoms with van der Waals surface area (Å²) >= 11 is 1.56. The van der Waals surface area contributed by atoms with Crippen LogP contribution >= 0.6 is 11.3 Å². The van der Waals surface area contributed by atoms with Gasteiger partial charge in [-0.25, -0.2) is 4.39 Å². The highest BCUT2D eigenvalue weighted by atomic mass is 32.1. The molecule has 106 valence electrons. The van der Waals surface area contributed by atoms with Crippen LogP contribution in [0.5, 0.6) is 0 Å². The smallest absolute Gasteiger partial charge is 0.274 e. The van der Waals surface area contributed by atoms with E-state index in [-0.39, 0.29) is 17.3 Å². The molecule has 7 heteroatoms. The van der Waals surface area contributed by atoms with Gasteiger partial charge in [-0.15, -0.1) is 21.5 Å². The van der Waals surface area contributed by atoms with E-state index in [1.54, 1.807) is 23.5 Å². The number of halogens is 1. The van der Waals surface area contributed by atoms with Gasteiger partial charge in [-0.3, -0.25) is 9.78 Å². The molecule has 0 spiro atoms. The monoisotopic (exact) mass is 302 g/mol. The molecule has 3 aromatic rings. The number of hydrogen-bond donors (Lipinski definition) is 2. The Morgan fingerprint density at radius 1 is 1.19 bits per heavy atom. The van der Waals surface area contributed by atoms with Gasteiger partial charge in [-0.05, 0) is 35.7 Å². The van der Waals surface area contributed by atoms with Crippen LogP contribution in [-0.4, -0.2) is 15.2 Å². The number of benzene rings is 1. The number of aromatic nitrogens is 3. The fraction of sp³-hybridized carbons (Fsp3) is 0.0714. The molecule has 21 heavy (non-hydrogen) atoms. The molecular formula is C14H11FN4OS. The minimum absolute atomic E-state index is 0.224. The number of nitrogens with zero attached hydrogens (tertiary/aromatic N) is 2. The van der Waals surface area contributed by atoms with Crippen molar-refractivity contribution in [3.63, 3.8) is 0 Å². The fourth-order valence-corrected chi connectivity index (χ4v) is 2.49. The van der Waals surface area contributed by atoms with E-state index in [0.29, 0.717) is 17.8 Å². The van der Waals surface area contributed by atoms with Gasteiger partial charge in [0.25, 0.3) is 5.56 Å². The van der Waals surface area contributed by atoms with Gasteiger partial charge in [-0.1, -0.05) is 6.07 Å². The first-order chi connectivity index (χ1) is 10.2. The van der Waals surface area contributed by atoms with Gasteiger partial charge >= 0.3 is 0 Å². The van der Waals surface area contributed by atoms with Gasteiger partial charge in [0.1, 0.15) is 11.5 Å². The van der Waals surface area contributed by atoms with Crippen molar-refractivity contribution in [3.8, 4) is 0 Å². The molecule has 0 aliphatic carbocycles. The van der Waals surface area contributed by atoms with Gasteiger partial charge < -0.3 is 5.32 Å². The highest BCUT2D eigenvalue weighted by Gasteiger charge is 2.07. The summed E-state index contributed by atoms with van der Waals surface area (Å²) in [5.41, 5.74) is 0.692. The molecule has 0 unspecified atom stereocenters. The molecule has 2 aromatic heterocycles. The molecule has 0 radical (unpaired) electrons. The molecule has 0 bridgehead atoms. The largest absolute Gasteiger partial charge is 0.324 e. The van der Waals surface area contributed by atoms with Crippen LogP contribution in [0.25, 0.3) is 0 Å². The summed E-state index contributed by atoms with van der Waals surface area (Å²) in [4.78, 5) is 15.6. The van der Waals surface area contributed by atoms with Gasteiger partial charge in [0, 0.05) is 17.0 Å². The summed E-state index contributed by atoms with van der Waals surface area (Å²) in [6.45, 7) is 0. The number of thiophene rings is 1. The highest BCUT2D eigenvalue weighted by molar-refractivity contribution is 7.09. The lowest BCUT2D eigenvalue weighted by molar-refractivity contribution is 0.628. The quantitative estimate of drug-likeness (QED) is 0.777. The SMILES string of the molecule is O=c1[nH]c(Nc2ccc(F)cc2)nnc1Cc1cccs1. The molecule has 0 amide bonds. The van der Waals surface area contributed by atoms with Crippen LogP contribution in [0.2, 0.25) is 0 Å². The van der Waals surface area contributed by atoms with Crippen molar-refractivity contribution in [1.29, 1.82) is 0 Å². The predicted octanol–water partition coefficient (Wildman–Crippen LogP) is 2.70. The number of anilines is 2.